The molecule has 0 spiro atoms. The van der Waals surface area contributed by atoms with Crippen LogP contribution in [0.4, 0.5) is 0 Å². The Morgan fingerprint density at radius 1 is 1.18 bits per heavy atom. The Kier molecular flexibility index (Phi) is 11.1. The van der Waals surface area contributed by atoms with Gasteiger partial charge in [0, 0.05) is 12.0 Å². The van der Waals surface area contributed by atoms with E-state index in [1.54, 1.807) is 0 Å². The summed E-state index contributed by atoms with van der Waals surface area (Å²) in [6.07, 6.45) is 11.9. The zero-order valence-electron chi connectivity index (χ0n) is 17.9. The van der Waals surface area contributed by atoms with Crippen molar-refractivity contribution in [1.82, 2.24) is 0 Å². The van der Waals surface area contributed by atoms with E-state index in [0.29, 0.717) is 36.7 Å². The number of rotatable bonds is 13. The SMILES string of the molecule is COC(=O)CCCCC/C=C1/C(=O)C(Cl)=CC1(O)CCC(C)CCCC(C)C. The molecule has 5 heteroatoms. The molecule has 1 N–H and O–H groups in total. The number of halogens is 1. The summed E-state index contributed by atoms with van der Waals surface area (Å²) in [7, 11) is 1.39. The van der Waals surface area contributed by atoms with Crippen LogP contribution in [0, 0.1) is 11.8 Å². The first kappa shape index (κ1) is 24.9. The first-order valence-corrected chi connectivity index (χ1v) is 11.0. The van der Waals surface area contributed by atoms with Crippen LogP contribution < -0.4 is 0 Å². The van der Waals surface area contributed by atoms with Crippen LogP contribution in [0.2, 0.25) is 0 Å². The van der Waals surface area contributed by atoms with Gasteiger partial charge in [-0.15, -0.1) is 0 Å². The van der Waals surface area contributed by atoms with E-state index in [9.17, 15) is 14.7 Å². The maximum Gasteiger partial charge on any atom is 0.305 e. The summed E-state index contributed by atoms with van der Waals surface area (Å²) in [5, 5.41) is 11.2. The van der Waals surface area contributed by atoms with Crippen LogP contribution in [0.25, 0.3) is 0 Å². The quantitative estimate of drug-likeness (QED) is 0.239. The summed E-state index contributed by atoms with van der Waals surface area (Å²) >= 11 is 6.05. The highest BCUT2D eigenvalue weighted by Crippen LogP contribution is 2.38. The Bertz CT molecular complexity index is 579. The number of carbonyl (C=O) groups excluding carboxylic acids is 2. The summed E-state index contributed by atoms with van der Waals surface area (Å²) in [5.74, 6) is 0.765. The Labute approximate surface area is 175 Å². The van der Waals surface area contributed by atoms with Crippen molar-refractivity contribution < 1.29 is 19.4 Å². The lowest BCUT2D eigenvalue weighted by Crippen LogP contribution is -2.28. The predicted molar refractivity (Wildman–Crippen MR) is 114 cm³/mol. The maximum atomic E-state index is 12.4. The highest BCUT2D eigenvalue weighted by molar-refractivity contribution is 6.46. The molecule has 0 amide bonds. The van der Waals surface area contributed by atoms with Gasteiger partial charge in [0.05, 0.1) is 12.1 Å². The van der Waals surface area contributed by atoms with Crippen LogP contribution in [-0.2, 0) is 14.3 Å². The van der Waals surface area contributed by atoms with Crippen LogP contribution >= 0.6 is 11.6 Å². The van der Waals surface area contributed by atoms with E-state index in [1.165, 1.54) is 26.0 Å². The van der Waals surface area contributed by atoms with Crippen LogP contribution in [0.1, 0.15) is 85.0 Å². The predicted octanol–water partition coefficient (Wildman–Crippen LogP) is 5.72. The molecule has 0 bridgehead atoms. The highest BCUT2D eigenvalue weighted by atomic mass is 35.5. The molecule has 0 aromatic rings. The minimum absolute atomic E-state index is 0.118. The largest absolute Gasteiger partial charge is 0.469 e. The van der Waals surface area contributed by atoms with Crippen molar-refractivity contribution in [2.24, 2.45) is 11.8 Å². The second-order valence-corrected chi connectivity index (χ2v) is 8.91. The molecule has 2 unspecified atom stereocenters. The van der Waals surface area contributed by atoms with Crippen molar-refractivity contribution in [3.05, 3.63) is 22.8 Å². The minimum atomic E-state index is -1.24. The summed E-state index contributed by atoms with van der Waals surface area (Å²) in [4.78, 5) is 23.5. The average Bonchev–Trinajstić information content (AvgIpc) is 2.85. The van der Waals surface area contributed by atoms with Gasteiger partial charge < -0.3 is 9.84 Å². The molecule has 160 valence electrons. The molecule has 1 aliphatic rings. The zero-order valence-corrected chi connectivity index (χ0v) is 18.7. The third-order valence-corrected chi connectivity index (χ3v) is 5.73. The molecule has 0 radical (unpaired) electrons. The number of methoxy groups -OCH3 is 1. The van der Waals surface area contributed by atoms with Gasteiger partial charge in [0.2, 0.25) is 5.78 Å². The normalized spacial score (nSPS) is 22.0. The molecule has 0 fully saturated rings. The monoisotopic (exact) mass is 412 g/mol. The van der Waals surface area contributed by atoms with Gasteiger partial charge in [-0.25, -0.2) is 0 Å². The number of Topliss-reactive ketones (excluding diaryl/α,β-unsaturated/α-hetero) is 1. The van der Waals surface area contributed by atoms with E-state index in [-0.39, 0.29) is 16.8 Å². The Balaban J connectivity index is 2.52. The number of allylic oxidation sites excluding steroid dienone is 2. The molecule has 0 aromatic heterocycles. The van der Waals surface area contributed by atoms with Crippen molar-refractivity contribution in [3.8, 4) is 0 Å². The molecule has 4 nitrogen and oxygen atoms in total. The number of carbonyl (C=O) groups is 2. The van der Waals surface area contributed by atoms with E-state index in [4.69, 9.17) is 11.6 Å². The number of hydrogen-bond acceptors (Lipinski definition) is 4. The first-order valence-electron chi connectivity index (χ1n) is 10.6. The van der Waals surface area contributed by atoms with Gasteiger partial charge in [0.15, 0.2) is 0 Å². The van der Waals surface area contributed by atoms with Crippen molar-refractivity contribution in [1.29, 1.82) is 0 Å². The lowest BCUT2D eigenvalue weighted by Gasteiger charge is -2.24. The molecule has 0 heterocycles. The first-order chi connectivity index (χ1) is 13.2. The molecule has 0 aromatic carbocycles. The number of hydrogen-bond donors (Lipinski definition) is 1. The fraction of sp³-hybridized carbons (Fsp3) is 0.739. The van der Waals surface area contributed by atoms with Gasteiger partial charge in [0.1, 0.15) is 5.60 Å². The van der Waals surface area contributed by atoms with Crippen LogP contribution in [0.3, 0.4) is 0 Å². The van der Waals surface area contributed by atoms with Gasteiger partial charge in [-0.05, 0) is 50.0 Å². The number of ether oxygens (including phenoxy) is 1. The Morgan fingerprint density at radius 2 is 1.89 bits per heavy atom. The molecule has 0 saturated carbocycles. The number of aliphatic hydroxyl groups is 1. The van der Waals surface area contributed by atoms with Gasteiger partial charge in [-0.1, -0.05) is 64.1 Å². The molecule has 0 saturated heterocycles. The fourth-order valence-electron chi connectivity index (χ4n) is 3.58. The second kappa shape index (κ2) is 12.4. The zero-order chi connectivity index (χ0) is 21.2. The number of esters is 1. The van der Waals surface area contributed by atoms with E-state index in [0.717, 1.165) is 32.1 Å². The second-order valence-electron chi connectivity index (χ2n) is 8.51. The summed E-state index contributed by atoms with van der Waals surface area (Å²) in [5.41, 5.74) is -0.827. The van der Waals surface area contributed by atoms with Gasteiger partial charge in [-0.3, -0.25) is 9.59 Å². The average molecular weight is 413 g/mol. The lowest BCUT2D eigenvalue weighted by molar-refractivity contribution is -0.140. The van der Waals surface area contributed by atoms with Crippen LogP contribution in [0.5, 0.6) is 0 Å². The molecule has 0 aliphatic heterocycles. The summed E-state index contributed by atoms with van der Waals surface area (Å²) in [6, 6.07) is 0. The maximum absolute atomic E-state index is 12.4. The summed E-state index contributed by atoms with van der Waals surface area (Å²) < 4.78 is 4.62. The standard InChI is InChI=1S/C23H37ClO4/c1-17(2)10-9-11-18(3)14-15-23(27)16-20(24)22(26)19(23)12-7-5-6-8-13-21(25)28-4/h12,16-18,27H,5-11,13-15H2,1-4H3/b19-12-. The molecular formula is C23H37ClO4. The van der Waals surface area contributed by atoms with E-state index in [2.05, 4.69) is 25.5 Å². The molecule has 28 heavy (non-hydrogen) atoms. The smallest absolute Gasteiger partial charge is 0.305 e. The molecule has 1 aliphatic carbocycles. The Hall–Kier alpha value is -1.13. The summed E-state index contributed by atoms with van der Waals surface area (Å²) in [6.45, 7) is 6.67. The van der Waals surface area contributed by atoms with Crippen LogP contribution in [-0.4, -0.2) is 29.6 Å². The Morgan fingerprint density at radius 3 is 2.54 bits per heavy atom. The van der Waals surface area contributed by atoms with Crippen molar-refractivity contribution >= 4 is 23.4 Å². The molecule has 1 rings (SSSR count). The molecule has 2 atom stereocenters. The van der Waals surface area contributed by atoms with Crippen molar-refractivity contribution in [2.45, 2.75) is 90.6 Å². The van der Waals surface area contributed by atoms with E-state index < -0.39 is 5.60 Å². The molecular weight excluding hydrogens is 376 g/mol. The van der Waals surface area contributed by atoms with Gasteiger partial charge >= 0.3 is 5.97 Å². The number of ketones is 1. The van der Waals surface area contributed by atoms with Crippen molar-refractivity contribution in [2.75, 3.05) is 7.11 Å². The van der Waals surface area contributed by atoms with Crippen LogP contribution in [0.15, 0.2) is 22.8 Å². The minimum Gasteiger partial charge on any atom is -0.469 e. The third kappa shape index (κ3) is 8.48. The topological polar surface area (TPSA) is 63.6 Å². The van der Waals surface area contributed by atoms with E-state index >= 15 is 0 Å². The lowest BCUT2D eigenvalue weighted by atomic mass is 9.86. The third-order valence-electron chi connectivity index (χ3n) is 5.45. The number of unbranched alkanes of at least 4 members (excludes halogenated alkanes) is 3. The van der Waals surface area contributed by atoms with Crippen molar-refractivity contribution in [3.63, 3.8) is 0 Å². The van der Waals surface area contributed by atoms with Gasteiger partial charge in [0.25, 0.3) is 0 Å². The van der Waals surface area contributed by atoms with E-state index in [1.807, 2.05) is 6.08 Å². The fourth-order valence-corrected chi connectivity index (χ4v) is 3.86. The van der Waals surface area contributed by atoms with Gasteiger partial charge in [-0.2, -0.15) is 0 Å². The highest BCUT2D eigenvalue weighted by Gasteiger charge is 2.40.